The van der Waals surface area contributed by atoms with Gasteiger partial charge in [0.05, 0.1) is 0 Å². The van der Waals surface area contributed by atoms with E-state index in [1.807, 2.05) is 18.2 Å². The van der Waals surface area contributed by atoms with Gasteiger partial charge in [-0.1, -0.05) is 24.3 Å². The second-order valence-corrected chi connectivity index (χ2v) is 4.01. The summed E-state index contributed by atoms with van der Waals surface area (Å²) in [4.78, 5) is 11.1. The maximum Gasteiger partial charge on any atom is 0.326 e. The zero-order valence-corrected chi connectivity index (χ0v) is 8.10. The lowest BCUT2D eigenvalue weighted by Crippen LogP contribution is -2.30. The summed E-state index contributed by atoms with van der Waals surface area (Å²) in [5.41, 5.74) is 3.31. The number of carboxylic acids is 1. The number of aliphatic carboxylic acids is 1. The minimum absolute atomic E-state index is 0.0960. The fraction of sp³-hybridized carbons (Fsp3) is 0.250. The summed E-state index contributed by atoms with van der Waals surface area (Å²) in [6, 6.07) is 5.48. The molecular weight excluding hydrogens is 190 g/mol. The molecule has 76 valence electrons. The van der Waals surface area contributed by atoms with Gasteiger partial charge in [0.15, 0.2) is 0 Å². The predicted molar refractivity (Wildman–Crippen MR) is 57.9 cm³/mol. The molecule has 0 bridgehead atoms. The Morgan fingerprint density at radius 1 is 1.47 bits per heavy atom. The zero-order chi connectivity index (χ0) is 10.4. The number of rotatable bonds is 1. The monoisotopic (exact) mass is 201 g/mol. The van der Waals surface area contributed by atoms with Crippen molar-refractivity contribution in [3.05, 3.63) is 35.4 Å². The first-order valence-corrected chi connectivity index (χ1v) is 5.06. The van der Waals surface area contributed by atoms with Gasteiger partial charge < -0.3 is 10.4 Å². The van der Waals surface area contributed by atoms with Crippen molar-refractivity contribution in [2.24, 2.45) is 0 Å². The van der Waals surface area contributed by atoms with Crippen LogP contribution in [0.25, 0.3) is 6.08 Å². The molecule has 3 heteroatoms. The maximum atomic E-state index is 11.1. The van der Waals surface area contributed by atoms with Gasteiger partial charge in [0.1, 0.15) is 6.04 Å². The van der Waals surface area contributed by atoms with E-state index in [9.17, 15) is 4.79 Å². The van der Waals surface area contributed by atoms with Crippen molar-refractivity contribution < 1.29 is 9.90 Å². The van der Waals surface area contributed by atoms with Crippen molar-refractivity contribution >= 4 is 17.7 Å². The van der Waals surface area contributed by atoms with Crippen LogP contribution >= 0.6 is 0 Å². The fourth-order valence-corrected chi connectivity index (χ4v) is 2.53. The molecule has 3 nitrogen and oxygen atoms in total. The van der Waals surface area contributed by atoms with E-state index in [1.54, 1.807) is 0 Å². The number of nitrogens with one attached hydrogen (secondary N) is 1. The molecule has 1 aliphatic carbocycles. The van der Waals surface area contributed by atoms with E-state index < -0.39 is 12.0 Å². The summed E-state index contributed by atoms with van der Waals surface area (Å²) in [5, 5.41) is 12.2. The average molecular weight is 201 g/mol. The van der Waals surface area contributed by atoms with Crippen LogP contribution in [0.1, 0.15) is 23.5 Å². The van der Waals surface area contributed by atoms with E-state index in [4.69, 9.17) is 5.11 Å². The van der Waals surface area contributed by atoms with Gasteiger partial charge in [-0.25, -0.2) is 4.79 Å². The number of anilines is 1. The quantitative estimate of drug-likeness (QED) is 0.731. The molecule has 1 heterocycles. The van der Waals surface area contributed by atoms with Crippen molar-refractivity contribution in [1.29, 1.82) is 0 Å². The lowest BCUT2D eigenvalue weighted by molar-refractivity contribution is -0.138. The Balaban J connectivity index is 2.16. The van der Waals surface area contributed by atoms with Crippen molar-refractivity contribution in [2.75, 3.05) is 5.32 Å². The Kier molecular flexibility index (Phi) is 1.63. The van der Waals surface area contributed by atoms with Crippen LogP contribution in [0.4, 0.5) is 5.69 Å². The van der Waals surface area contributed by atoms with Gasteiger partial charge in [-0.15, -0.1) is 0 Å². The summed E-state index contributed by atoms with van der Waals surface area (Å²) in [7, 11) is 0. The van der Waals surface area contributed by atoms with Crippen LogP contribution in [0.2, 0.25) is 0 Å². The molecular formula is C12H11NO2. The molecule has 1 aromatic rings. The fourth-order valence-electron chi connectivity index (χ4n) is 2.53. The Hall–Kier alpha value is -1.77. The normalized spacial score (nSPS) is 25.9. The first-order valence-electron chi connectivity index (χ1n) is 5.06. The van der Waals surface area contributed by atoms with Crippen LogP contribution in [0.3, 0.4) is 0 Å². The number of carboxylic acid groups (broad SMARTS) is 1. The van der Waals surface area contributed by atoms with Crippen LogP contribution in [-0.2, 0) is 4.79 Å². The molecule has 1 aromatic carbocycles. The molecule has 0 aromatic heterocycles. The van der Waals surface area contributed by atoms with Gasteiger partial charge in [0.25, 0.3) is 0 Å². The zero-order valence-electron chi connectivity index (χ0n) is 8.10. The summed E-state index contributed by atoms with van der Waals surface area (Å²) in [6.45, 7) is 0. The Labute approximate surface area is 87.4 Å². The minimum atomic E-state index is -0.766. The Morgan fingerprint density at radius 2 is 2.33 bits per heavy atom. The average Bonchev–Trinajstić information content (AvgIpc) is 2.61. The highest BCUT2D eigenvalue weighted by molar-refractivity contribution is 5.85. The summed E-state index contributed by atoms with van der Waals surface area (Å²) in [6.07, 6.45) is 4.94. The summed E-state index contributed by atoms with van der Waals surface area (Å²) < 4.78 is 0. The highest BCUT2D eigenvalue weighted by Crippen LogP contribution is 2.43. The third-order valence-electron chi connectivity index (χ3n) is 3.18. The molecule has 1 aliphatic heterocycles. The SMILES string of the molecule is O=C(O)C1Nc2cccc3c2C1CC=C3. The molecule has 0 radical (unpaired) electrons. The topological polar surface area (TPSA) is 49.3 Å². The first-order chi connectivity index (χ1) is 7.27. The molecule has 15 heavy (non-hydrogen) atoms. The van der Waals surface area contributed by atoms with Gasteiger partial charge in [-0.05, 0) is 23.6 Å². The van der Waals surface area contributed by atoms with Crippen LogP contribution in [0.5, 0.6) is 0 Å². The van der Waals surface area contributed by atoms with E-state index >= 15 is 0 Å². The predicted octanol–water partition coefficient (Wildman–Crippen LogP) is 2.07. The first kappa shape index (κ1) is 8.53. The number of hydrogen-bond acceptors (Lipinski definition) is 2. The van der Waals surface area contributed by atoms with Gasteiger partial charge in [-0.2, -0.15) is 0 Å². The van der Waals surface area contributed by atoms with Crippen LogP contribution in [0, 0.1) is 0 Å². The van der Waals surface area contributed by atoms with Crippen LogP contribution in [-0.4, -0.2) is 17.1 Å². The largest absolute Gasteiger partial charge is 0.480 e. The number of allylic oxidation sites excluding steroid dienone is 1. The van der Waals surface area contributed by atoms with E-state index in [0.717, 1.165) is 17.7 Å². The summed E-state index contributed by atoms with van der Waals surface area (Å²) >= 11 is 0. The number of carbonyl (C=O) groups is 1. The van der Waals surface area contributed by atoms with Gasteiger partial charge in [0.2, 0.25) is 0 Å². The molecule has 0 spiro atoms. The van der Waals surface area contributed by atoms with Crippen molar-refractivity contribution in [3.8, 4) is 0 Å². The molecule has 2 N–H and O–H groups in total. The smallest absolute Gasteiger partial charge is 0.326 e. The third kappa shape index (κ3) is 1.09. The van der Waals surface area contributed by atoms with Crippen molar-refractivity contribution in [2.45, 2.75) is 18.4 Å². The van der Waals surface area contributed by atoms with Crippen molar-refractivity contribution in [3.63, 3.8) is 0 Å². The Bertz CT molecular complexity index is 465. The maximum absolute atomic E-state index is 11.1. The number of hydrogen-bond donors (Lipinski definition) is 2. The Morgan fingerprint density at radius 3 is 3.13 bits per heavy atom. The third-order valence-corrected chi connectivity index (χ3v) is 3.18. The standard InChI is InChI=1S/C12H11NO2/c14-12(15)11-8-5-1-3-7-4-2-6-9(13-11)10(7)8/h1-4,6,8,11,13H,5H2,(H,14,15). The van der Waals surface area contributed by atoms with Crippen LogP contribution < -0.4 is 5.32 Å². The van der Waals surface area contributed by atoms with Crippen LogP contribution in [0.15, 0.2) is 24.3 Å². The van der Waals surface area contributed by atoms with Gasteiger partial charge in [-0.3, -0.25) is 0 Å². The molecule has 3 rings (SSSR count). The second-order valence-electron chi connectivity index (χ2n) is 4.01. The molecule has 2 aliphatic rings. The highest BCUT2D eigenvalue weighted by atomic mass is 16.4. The van der Waals surface area contributed by atoms with E-state index in [0.29, 0.717) is 0 Å². The van der Waals surface area contributed by atoms with Crippen molar-refractivity contribution in [1.82, 2.24) is 0 Å². The second kappa shape index (κ2) is 2.86. The number of benzene rings is 1. The minimum Gasteiger partial charge on any atom is -0.480 e. The van der Waals surface area contributed by atoms with E-state index in [-0.39, 0.29) is 5.92 Å². The molecule has 0 saturated heterocycles. The molecule has 2 atom stereocenters. The van der Waals surface area contributed by atoms with E-state index in [1.165, 1.54) is 5.56 Å². The molecule has 2 unspecified atom stereocenters. The highest BCUT2D eigenvalue weighted by Gasteiger charge is 2.38. The molecule has 0 saturated carbocycles. The molecule has 0 amide bonds. The summed E-state index contributed by atoms with van der Waals surface area (Å²) in [5.74, 6) is -0.670. The lowest BCUT2D eigenvalue weighted by atomic mass is 9.85. The van der Waals surface area contributed by atoms with Gasteiger partial charge in [0, 0.05) is 11.6 Å². The van der Waals surface area contributed by atoms with E-state index in [2.05, 4.69) is 17.5 Å². The van der Waals surface area contributed by atoms with Gasteiger partial charge >= 0.3 is 5.97 Å². The molecule has 0 fully saturated rings. The lowest BCUT2D eigenvalue weighted by Gasteiger charge is -2.18.